The molecule has 146 valence electrons. The second-order valence-electron chi connectivity index (χ2n) is 6.01. The molecule has 1 aliphatic heterocycles. The molecular weight excluding hydrogens is 378 g/mol. The normalized spacial score (nSPS) is 15.6. The van der Waals surface area contributed by atoms with E-state index in [4.69, 9.17) is 9.47 Å². The van der Waals surface area contributed by atoms with E-state index in [1.54, 1.807) is 6.07 Å². The van der Waals surface area contributed by atoms with E-state index in [1.165, 1.54) is 36.7 Å². The summed E-state index contributed by atoms with van der Waals surface area (Å²) in [6.45, 7) is 1.17. The number of rotatable bonds is 5. The zero-order valence-corrected chi connectivity index (χ0v) is 15.8. The molecule has 0 amide bonds. The van der Waals surface area contributed by atoms with Crippen LogP contribution in [0.4, 0.5) is 14.5 Å². The van der Waals surface area contributed by atoms with Crippen LogP contribution in [0.5, 0.6) is 11.5 Å². The largest absolute Gasteiger partial charge is 0.497 e. The fraction of sp³-hybridized carbons (Fsp3) is 0.333. The van der Waals surface area contributed by atoms with Crippen LogP contribution in [0, 0.1) is 11.6 Å². The van der Waals surface area contributed by atoms with Gasteiger partial charge in [0.1, 0.15) is 16.4 Å². The third-order valence-electron chi connectivity index (χ3n) is 4.50. The van der Waals surface area contributed by atoms with E-state index in [9.17, 15) is 17.2 Å². The number of nitrogens with zero attached hydrogens (tertiary/aromatic N) is 2. The Morgan fingerprint density at radius 1 is 0.889 bits per heavy atom. The van der Waals surface area contributed by atoms with Crippen molar-refractivity contribution in [3.63, 3.8) is 0 Å². The molecule has 1 heterocycles. The average Bonchev–Trinajstić information content (AvgIpc) is 2.69. The van der Waals surface area contributed by atoms with Gasteiger partial charge in [0.2, 0.25) is 10.0 Å². The second-order valence-corrected chi connectivity index (χ2v) is 7.91. The predicted octanol–water partition coefficient (Wildman–Crippen LogP) is 2.49. The van der Waals surface area contributed by atoms with Gasteiger partial charge in [-0.1, -0.05) is 0 Å². The standard InChI is InChI=1S/C18H20F2N2O4S/c1-25-14-4-6-18(17(12-14)26-2)27(23,24)22-9-7-21(8-10-22)13-3-5-15(19)16(20)11-13/h3-6,11-12H,7-10H2,1-2H3. The molecule has 1 fully saturated rings. The lowest BCUT2D eigenvalue weighted by atomic mass is 10.2. The van der Waals surface area contributed by atoms with E-state index in [0.29, 0.717) is 24.5 Å². The van der Waals surface area contributed by atoms with Gasteiger partial charge >= 0.3 is 0 Å². The number of sulfonamides is 1. The zero-order valence-electron chi connectivity index (χ0n) is 15.0. The minimum Gasteiger partial charge on any atom is -0.497 e. The number of ether oxygens (including phenoxy) is 2. The summed E-state index contributed by atoms with van der Waals surface area (Å²) in [6, 6.07) is 8.20. The van der Waals surface area contributed by atoms with Crippen LogP contribution in [0.15, 0.2) is 41.3 Å². The highest BCUT2D eigenvalue weighted by Gasteiger charge is 2.31. The summed E-state index contributed by atoms with van der Waals surface area (Å²) in [6.07, 6.45) is 0. The van der Waals surface area contributed by atoms with Crippen molar-refractivity contribution in [2.24, 2.45) is 0 Å². The van der Waals surface area contributed by atoms with Crippen molar-refractivity contribution in [2.75, 3.05) is 45.3 Å². The van der Waals surface area contributed by atoms with E-state index in [0.717, 1.165) is 12.1 Å². The van der Waals surface area contributed by atoms with Gasteiger partial charge in [-0.3, -0.25) is 0 Å². The fourth-order valence-electron chi connectivity index (χ4n) is 3.00. The van der Waals surface area contributed by atoms with Crippen LogP contribution in [0.25, 0.3) is 0 Å². The number of methoxy groups -OCH3 is 2. The Morgan fingerprint density at radius 2 is 1.59 bits per heavy atom. The van der Waals surface area contributed by atoms with E-state index in [2.05, 4.69) is 0 Å². The lowest BCUT2D eigenvalue weighted by Gasteiger charge is -2.35. The van der Waals surface area contributed by atoms with Gasteiger partial charge in [0.15, 0.2) is 11.6 Å². The number of hydrogen-bond donors (Lipinski definition) is 0. The highest BCUT2D eigenvalue weighted by atomic mass is 32.2. The first-order valence-corrected chi connectivity index (χ1v) is 9.73. The maximum atomic E-state index is 13.4. The van der Waals surface area contributed by atoms with Crippen LogP contribution in [0.2, 0.25) is 0 Å². The minimum atomic E-state index is -3.76. The van der Waals surface area contributed by atoms with Crippen LogP contribution >= 0.6 is 0 Å². The van der Waals surface area contributed by atoms with Gasteiger partial charge in [0.25, 0.3) is 0 Å². The number of benzene rings is 2. The predicted molar refractivity (Wildman–Crippen MR) is 96.9 cm³/mol. The second kappa shape index (κ2) is 7.69. The number of hydrogen-bond acceptors (Lipinski definition) is 5. The molecule has 0 radical (unpaired) electrons. The number of anilines is 1. The van der Waals surface area contributed by atoms with Gasteiger partial charge in [-0.25, -0.2) is 17.2 Å². The van der Waals surface area contributed by atoms with Crippen LogP contribution < -0.4 is 14.4 Å². The minimum absolute atomic E-state index is 0.0621. The first-order chi connectivity index (χ1) is 12.9. The average molecular weight is 398 g/mol. The summed E-state index contributed by atoms with van der Waals surface area (Å²) in [4.78, 5) is 1.88. The molecule has 2 aromatic carbocycles. The molecule has 0 N–H and O–H groups in total. The van der Waals surface area contributed by atoms with Gasteiger partial charge in [0, 0.05) is 44.0 Å². The van der Waals surface area contributed by atoms with Crippen molar-refractivity contribution >= 4 is 15.7 Å². The first kappa shape index (κ1) is 19.4. The van der Waals surface area contributed by atoms with Gasteiger partial charge in [0.05, 0.1) is 14.2 Å². The molecular formula is C18H20F2N2O4S. The maximum Gasteiger partial charge on any atom is 0.246 e. The lowest BCUT2D eigenvalue weighted by molar-refractivity contribution is 0.370. The molecule has 9 heteroatoms. The van der Waals surface area contributed by atoms with Crippen molar-refractivity contribution in [3.8, 4) is 11.5 Å². The SMILES string of the molecule is COc1ccc(S(=O)(=O)N2CCN(c3ccc(F)c(F)c3)CC2)c(OC)c1. The highest BCUT2D eigenvalue weighted by molar-refractivity contribution is 7.89. The topological polar surface area (TPSA) is 59.1 Å². The molecule has 3 rings (SSSR count). The highest BCUT2D eigenvalue weighted by Crippen LogP contribution is 2.31. The summed E-state index contributed by atoms with van der Waals surface area (Å²) >= 11 is 0. The monoisotopic (exact) mass is 398 g/mol. The third-order valence-corrected chi connectivity index (χ3v) is 6.43. The fourth-order valence-corrected chi connectivity index (χ4v) is 4.55. The summed E-state index contributed by atoms with van der Waals surface area (Å²) in [7, 11) is -0.874. The molecule has 0 spiro atoms. The third kappa shape index (κ3) is 3.84. The Labute approximate surface area is 157 Å². The molecule has 27 heavy (non-hydrogen) atoms. The molecule has 6 nitrogen and oxygen atoms in total. The number of halogens is 2. The smallest absolute Gasteiger partial charge is 0.246 e. The van der Waals surface area contributed by atoms with Gasteiger partial charge < -0.3 is 14.4 Å². The Balaban J connectivity index is 1.77. The Kier molecular flexibility index (Phi) is 5.52. The van der Waals surface area contributed by atoms with Crippen molar-refractivity contribution in [2.45, 2.75) is 4.90 Å². The van der Waals surface area contributed by atoms with Crippen molar-refractivity contribution < 1.29 is 26.7 Å². The molecule has 0 unspecified atom stereocenters. The molecule has 2 aromatic rings. The number of piperazine rings is 1. The molecule has 0 saturated carbocycles. The molecule has 0 aliphatic carbocycles. The van der Waals surface area contributed by atoms with Crippen LogP contribution in [0.3, 0.4) is 0 Å². The van der Waals surface area contributed by atoms with Crippen LogP contribution in [-0.2, 0) is 10.0 Å². The van der Waals surface area contributed by atoms with Gasteiger partial charge in [-0.2, -0.15) is 4.31 Å². The van der Waals surface area contributed by atoms with E-state index in [1.807, 2.05) is 4.90 Å². The van der Waals surface area contributed by atoms with Crippen LogP contribution in [-0.4, -0.2) is 53.1 Å². The van der Waals surface area contributed by atoms with E-state index >= 15 is 0 Å². The van der Waals surface area contributed by atoms with Crippen molar-refractivity contribution in [3.05, 3.63) is 48.0 Å². The summed E-state index contributed by atoms with van der Waals surface area (Å²) in [5.41, 5.74) is 0.521. The summed E-state index contributed by atoms with van der Waals surface area (Å²) in [5, 5.41) is 0. The molecule has 0 aromatic heterocycles. The summed E-state index contributed by atoms with van der Waals surface area (Å²) < 4.78 is 64.2. The quantitative estimate of drug-likeness (QED) is 0.775. The van der Waals surface area contributed by atoms with Crippen LogP contribution in [0.1, 0.15) is 0 Å². The van der Waals surface area contributed by atoms with Gasteiger partial charge in [-0.05, 0) is 24.3 Å². The van der Waals surface area contributed by atoms with Crippen molar-refractivity contribution in [1.29, 1.82) is 0 Å². The Morgan fingerprint density at radius 3 is 2.19 bits per heavy atom. The maximum absolute atomic E-state index is 13.4. The molecule has 1 saturated heterocycles. The zero-order chi connectivity index (χ0) is 19.6. The Hall–Kier alpha value is -2.39. The first-order valence-electron chi connectivity index (χ1n) is 8.29. The molecule has 1 aliphatic rings. The molecule has 0 atom stereocenters. The Bertz CT molecular complexity index is 929. The summed E-state index contributed by atoms with van der Waals surface area (Å²) in [5.74, 6) is -1.14. The molecule has 0 bridgehead atoms. The van der Waals surface area contributed by atoms with Gasteiger partial charge in [-0.15, -0.1) is 0 Å². The van der Waals surface area contributed by atoms with E-state index < -0.39 is 21.7 Å². The van der Waals surface area contributed by atoms with E-state index in [-0.39, 0.29) is 23.7 Å². The van der Waals surface area contributed by atoms with Crippen molar-refractivity contribution in [1.82, 2.24) is 4.31 Å². The lowest BCUT2D eigenvalue weighted by Crippen LogP contribution is -2.48.